The maximum atomic E-state index is 12.1. The first-order chi connectivity index (χ1) is 9.61. The minimum Gasteiger partial charge on any atom is -0.494 e. The van der Waals surface area contributed by atoms with E-state index in [1.165, 1.54) is 16.7 Å². The van der Waals surface area contributed by atoms with Gasteiger partial charge in [0.05, 0.1) is 12.5 Å². The Morgan fingerprint density at radius 1 is 1.55 bits per heavy atom. The molecule has 1 heterocycles. The Bertz CT molecular complexity index is 509. The normalized spacial score (nSPS) is 17.9. The summed E-state index contributed by atoms with van der Waals surface area (Å²) in [4.78, 5) is 24.5. The average Bonchev–Trinajstić information content (AvgIpc) is 2.89. The molecule has 6 nitrogen and oxygen atoms in total. The largest absolute Gasteiger partial charge is 0.494 e. The van der Waals surface area contributed by atoms with Crippen LogP contribution >= 0.6 is 11.8 Å². The number of hydrogen-bond donors (Lipinski definition) is 2. The number of ether oxygens (including phenoxy) is 1. The van der Waals surface area contributed by atoms with E-state index in [9.17, 15) is 9.59 Å². The number of carbonyl (C=O) groups excluding carboxylic acids is 1. The van der Waals surface area contributed by atoms with Gasteiger partial charge in [-0.15, -0.1) is 11.8 Å². The first-order valence-electron chi connectivity index (χ1n) is 6.23. The molecule has 1 unspecified atom stereocenters. The van der Waals surface area contributed by atoms with E-state index in [2.05, 4.69) is 5.32 Å². The molecule has 2 amide bonds. The van der Waals surface area contributed by atoms with Crippen LogP contribution in [0.25, 0.3) is 0 Å². The highest BCUT2D eigenvalue weighted by molar-refractivity contribution is 7.99. The minimum atomic E-state index is -0.979. The Morgan fingerprint density at radius 3 is 3.05 bits per heavy atom. The second-order valence-electron chi connectivity index (χ2n) is 4.21. The molecule has 1 aromatic rings. The van der Waals surface area contributed by atoms with Crippen molar-refractivity contribution in [3.05, 3.63) is 24.3 Å². The third kappa shape index (κ3) is 3.36. The molecule has 0 bridgehead atoms. The van der Waals surface area contributed by atoms with Gasteiger partial charge in [-0.25, -0.2) is 9.59 Å². The Morgan fingerprint density at radius 2 is 2.35 bits per heavy atom. The van der Waals surface area contributed by atoms with Gasteiger partial charge in [0, 0.05) is 17.5 Å². The van der Waals surface area contributed by atoms with E-state index in [0.717, 1.165) is 0 Å². The number of amides is 2. The van der Waals surface area contributed by atoms with Gasteiger partial charge in [-0.1, -0.05) is 6.07 Å². The quantitative estimate of drug-likeness (QED) is 0.889. The first-order valence-corrected chi connectivity index (χ1v) is 7.38. The van der Waals surface area contributed by atoms with E-state index in [0.29, 0.717) is 29.7 Å². The molecule has 1 aliphatic heterocycles. The molecular weight excluding hydrogens is 280 g/mol. The number of anilines is 1. The summed E-state index contributed by atoms with van der Waals surface area (Å²) >= 11 is 1.43. The number of hydrogen-bond acceptors (Lipinski definition) is 4. The molecule has 1 fully saturated rings. The number of carbonyl (C=O) groups is 2. The average molecular weight is 296 g/mol. The van der Waals surface area contributed by atoms with Crippen LogP contribution in [-0.2, 0) is 4.79 Å². The Labute approximate surface area is 121 Å². The number of urea groups is 1. The lowest BCUT2D eigenvalue weighted by atomic mass is 10.3. The third-order valence-electron chi connectivity index (χ3n) is 2.82. The Hall–Kier alpha value is -1.89. The van der Waals surface area contributed by atoms with Crippen LogP contribution < -0.4 is 10.1 Å². The van der Waals surface area contributed by atoms with Crippen molar-refractivity contribution >= 4 is 29.4 Å². The van der Waals surface area contributed by atoms with E-state index < -0.39 is 18.0 Å². The highest BCUT2D eigenvalue weighted by Gasteiger charge is 2.34. The van der Waals surface area contributed by atoms with Gasteiger partial charge in [-0.3, -0.25) is 0 Å². The fourth-order valence-corrected chi connectivity index (χ4v) is 3.02. The smallest absolute Gasteiger partial charge is 0.327 e. The molecule has 1 atom stereocenters. The molecule has 1 aromatic carbocycles. The van der Waals surface area contributed by atoms with Crippen LogP contribution in [0.4, 0.5) is 10.5 Å². The number of nitrogens with one attached hydrogen (secondary N) is 1. The van der Waals surface area contributed by atoms with Gasteiger partial charge >= 0.3 is 12.0 Å². The number of nitrogens with zero attached hydrogens (tertiary/aromatic N) is 1. The topological polar surface area (TPSA) is 78.9 Å². The molecule has 0 aliphatic carbocycles. The summed E-state index contributed by atoms with van der Waals surface area (Å²) in [6.07, 6.45) is 0. The van der Waals surface area contributed by atoms with E-state index in [-0.39, 0.29) is 0 Å². The summed E-state index contributed by atoms with van der Waals surface area (Å²) < 4.78 is 5.35. The van der Waals surface area contributed by atoms with E-state index in [4.69, 9.17) is 9.84 Å². The van der Waals surface area contributed by atoms with Crippen LogP contribution in [0.1, 0.15) is 6.92 Å². The van der Waals surface area contributed by atoms with Crippen molar-refractivity contribution < 1.29 is 19.4 Å². The van der Waals surface area contributed by atoms with Crippen molar-refractivity contribution in [2.24, 2.45) is 0 Å². The molecule has 2 rings (SSSR count). The van der Waals surface area contributed by atoms with Gasteiger partial charge in [0.1, 0.15) is 11.8 Å². The van der Waals surface area contributed by atoms with Crippen molar-refractivity contribution in [1.82, 2.24) is 4.90 Å². The predicted molar refractivity (Wildman–Crippen MR) is 77.2 cm³/mol. The molecule has 0 saturated carbocycles. The predicted octanol–water partition coefficient (Wildman–Crippen LogP) is 2.08. The highest BCUT2D eigenvalue weighted by atomic mass is 32.2. The molecule has 1 saturated heterocycles. The lowest BCUT2D eigenvalue weighted by Gasteiger charge is -2.21. The zero-order valence-corrected chi connectivity index (χ0v) is 11.9. The van der Waals surface area contributed by atoms with E-state index >= 15 is 0 Å². The maximum Gasteiger partial charge on any atom is 0.327 e. The molecular formula is C13H16N2O4S. The summed E-state index contributed by atoms with van der Waals surface area (Å²) in [6.45, 7) is 2.42. The van der Waals surface area contributed by atoms with E-state index in [1.807, 2.05) is 6.92 Å². The van der Waals surface area contributed by atoms with Crippen LogP contribution in [0, 0.1) is 0 Å². The monoisotopic (exact) mass is 296 g/mol. The molecule has 20 heavy (non-hydrogen) atoms. The van der Waals surface area contributed by atoms with Crippen molar-refractivity contribution in [3.63, 3.8) is 0 Å². The maximum absolute atomic E-state index is 12.1. The number of carboxylic acids is 1. The first kappa shape index (κ1) is 14.5. The number of benzene rings is 1. The molecule has 1 aliphatic rings. The van der Waals surface area contributed by atoms with Crippen LogP contribution in [0.2, 0.25) is 0 Å². The highest BCUT2D eigenvalue weighted by Crippen LogP contribution is 2.23. The van der Waals surface area contributed by atoms with Gasteiger partial charge in [-0.2, -0.15) is 0 Å². The SMILES string of the molecule is CCOc1cccc(NC(=O)N2CSCC2C(=O)O)c1. The number of rotatable bonds is 4. The van der Waals surface area contributed by atoms with Crippen LogP contribution in [0.15, 0.2) is 24.3 Å². The van der Waals surface area contributed by atoms with Gasteiger partial charge < -0.3 is 20.1 Å². The number of thioether (sulfide) groups is 1. The number of carboxylic acid groups (broad SMARTS) is 1. The zero-order chi connectivity index (χ0) is 14.5. The summed E-state index contributed by atoms with van der Waals surface area (Å²) in [5.41, 5.74) is 0.585. The molecule has 2 N–H and O–H groups in total. The molecule has 0 aromatic heterocycles. The molecule has 0 radical (unpaired) electrons. The Balaban J connectivity index is 2.04. The molecule has 7 heteroatoms. The molecule has 108 valence electrons. The van der Waals surface area contributed by atoms with Crippen molar-refractivity contribution in [1.29, 1.82) is 0 Å². The summed E-state index contributed by atoms with van der Waals surface area (Å²) in [6, 6.07) is 5.84. The second kappa shape index (κ2) is 6.51. The van der Waals surface area contributed by atoms with E-state index in [1.54, 1.807) is 24.3 Å². The summed E-state index contributed by atoms with van der Waals surface area (Å²) in [7, 11) is 0. The van der Waals surface area contributed by atoms with Crippen molar-refractivity contribution in [2.75, 3.05) is 23.6 Å². The fourth-order valence-electron chi connectivity index (χ4n) is 1.87. The van der Waals surface area contributed by atoms with Crippen LogP contribution in [0.3, 0.4) is 0 Å². The van der Waals surface area contributed by atoms with Crippen LogP contribution in [-0.4, -0.2) is 46.3 Å². The number of aliphatic carboxylic acids is 1. The summed E-state index contributed by atoms with van der Waals surface area (Å²) in [5.74, 6) is 0.486. The van der Waals surface area contributed by atoms with Gasteiger partial charge in [0.15, 0.2) is 0 Å². The van der Waals surface area contributed by atoms with Crippen molar-refractivity contribution in [2.45, 2.75) is 13.0 Å². The van der Waals surface area contributed by atoms with Gasteiger partial charge in [-0.05, 0) is 19.1 Å². The van der Waals surface area contributed by atoms with Crippen LogP contribution in [0.5, 0.6) is 5.75 Å². The molecule has 0 spiro atoms. The zero-order valence-electron chi connectivity index (χ0n) is 11.0. The lowest BCUT2D eigenvalue weighted by molar-refractivity contribution is -0.140. The lowest BCUT2D eigenvalue weighted by Crippen LogP contribution is -2.43. The second-order valence-corrected chi connectivity index (χ2v) is 5.21. The Kier molecular flexibility index (Phi) is 4.73. The third-order valence-corrected chi connectivity index (χ3v) is 3.84. The standard InChI is InChI=1S/C13H16N2O4S/c1-2-19-10-5-3-4-9(6-10)14-13(18)15-8-20-7-11(15)12(16)17/h3-6,11H,2,7-8H2,1H3,(H,14,18)(H,16,17). The van der Waals surface area contributed by atoms with Gasteiger partial charge in [0.25, 0.3) is 0 Å². The fraction of sp³-hybridized carbons (Fsp3) is 0.385. The summed E-state index contributed by atoms with van der Waals surface area (Å²) in [5, 5.41) is 11.8. The van der Waals surface area contributed by atoms with Crippen molar-refractivity contribution in [3.8, 4) is 5.75 Å². The minimum absolute atomic E-state index is 0.383. The van der Waals surface area contributed by atoms with Gasteiger partial charge in [0.2, 0.25) is 0 Å².